The molecular weight excluding hydrogens is 356 g/mol. The van der Waals surface area contributed by atoms with Gasteiger partial charge < -0.3 is 9.88 Å². The summed E-state index contributed by atoms with van der Waals surface area (Å²) in [6, 6.07) is 0.355. The first-order valence-electron chi connectivity index (χ1n) is 10.7. The highest BCUT2D eigenvalue weighted by Crippen LogP contribution is 2.27. The molecule has 2 aliphatic carbocycles. The van der Waals surface area contributed by atoms with E-state index in [0.717, 1.165) is 36.2 Å². The molecule has 0 radical (unpaired) electrons. The summed E-state index contributed by atoms with van der Waals surface area (Å²) in [6.07, 6.45) is 16.8. The predicted molar refractivity (Wildman–Crippen MR) is 111 cm³/mol. The van der Waals surface area contributed by atoms with Crippen LogP contribution in [0, 0.1) is 5.92 Å². The SMILES string of the molecule is C=CCn1c(CC2CCCCC2)nnc1SCC(=O)NC1CCCCCC1. The number of aromatic nitrogens is 3. The summed E-state index contributed by atoms with van der Waals surface area (Å²) in [5.41, 5.74) is 0. The van der Waals surface area contributed by atoms with E-state index in [1.54, 1.807) is 0 Å². The topological polar surface area (TPSA) is 59.8 Å². The highest BCUT2D eigenvalue weighted by atomic mass is 32.2. The number of nitrogens with one attached hydrogen (secondary N) is 1. The van der Waals surface area contributed by atoms with Crippen molar-refractivity contribution < 1.29 is 4.79 Å². The molecule has 1 aromatic rings. The van der Waals surface area contributed by atoms with Crippen molar-refractivity contribution in [2.24, 2.45) is 5.92 Å². The fourth-order valence-electron chi connectivity index (χ4n) is 4.36. The van der Waals surface area contributed by atoms with Gasteiger partial charge in [-0.3, -0.25) is 4.79 Å². The molecule has 0 saturated heterocycles. The van der Waals surface area contributed by atoms with E-state index in [-0.39, 0.29) is 5.91 Å². The molecule has 5 nitrogen and oxygen atoms in total. The molecule has 3 rings (SSSR count). The smallest absolute Gasteiger partial charge is 0.230 e. The lowest BCUT2D eigenvalue weighted by Crippen LogP contribution is -2.35. The van der Waals surface area contributed by atoms with Crippen molar-refractivity contribution in [2.45, 2.75) is 94.8 Å². The maximum Gasteiger partial charge on any atom is 0.230 e. The van der Waals surface area contributed by atoms with Gasteiger partial charge in [0.25, 0.3) is 0 Å². The van der Waals surface area contributed by atoms with Crippen LogP contribution >= 0.6 is 11.8 Å². The molecule has 0 bridgehead atoms. The van der Waals surface area contributed by atoms with Gasteiger partial charge in [-0.2, -0.15) is 0 Å². The summed E-state index contributed by atoms with van der Waals surface area (Å²) < 4.78 is 2.14. The second-order valence-electron chi connectivity index (χ2n) is 8.05. The van der Waals surface area contributed by atoms with Gasteiger partial charge in [0.05, 0.1) is 5.75 Å². The van der Waals surface area contributed by atoms with Gasteiger partial charge in [-0.1, -0.05) is 75.6 Å². The van der Waals surface area contributed by atoms with E-state index in [0.29, 0.717) is 18.3 Å². The molecule has 0 unspecified atom stereocenters. The molecule has 6 heteroatoms. The van der Waals surface area contributed by atoms with Gasteiger partial charge in [-0.25, -0.2) is 0 Å². The Kier molecular flexibility index (Phi) is 8.24. The van der Waals surface area contributed by atoms with E-state index < -0.39 is 0 Å². The molecule has 0 spiro atoms. The lowest BCUT2D eigenvalue weighted by atomic mass is 9.87. The summed E-state index contributed by atoms with van der Waals surface area (Å²) in [6.45, 7) is 4.59. The largest absolute Gasteiger partial charge is 0.353 e. The van der Waals surface area contributed by atoms with Crippen LogP contribution in [0.5, 0.6) is 0 Å². The first-order valence-corrected chi connectivity index (χ1v) is 11.7. The molecule has 1 amide bonds. The van der Waals surface area contributed by atoms with Gasteiger partial charge in [-0.15, -0.1) is 16.8 Å². The Balaban J connectivity index is 1.53. The highest BCUT2D eigenvalue weighted by Gasteiger charge is 2.20. The standard InChI is InChI=1S/C21H34N4OS/c1-2-14-25-19(15-17-10-6-5-7-11-17)23-24-21(25)27-16-20(26)22-18-12-8-3-4-9-13-18/h2,17-18H,1,3-16H2,(H,22,26). The fraction of sp³-hybridized carbons (Fsp3) is 0.762. The minimum absolute atomic E-state index is 0.119. The monoisotopic (exact) mass is 390 g/mol. The molecule has 0 aromatic carbocycles. The number of thioether (sulfide) groups is 1. The molecule has 1 heterocycles. The van der Waals surface area contributed by atoms with Crippen LogP contribution in [-0.2, 0) is 17.8 Å². The van der Waals surface area contributed by atoms with Crippen molar-refractivity contribution in [1.29, 1.82) is 0 Å². The molecular formula is C21H34N4OS. The Hall–Kier alpha value is -1.30. The third-order valence-electron chi connectivity index (χ3n) is 5.85. The summed E-state index contributed by atoms with van der Waals surface area (Å²) in [7, 11) is 0. The van der Waals surface area contributed by atoms with E-state index in [1.165, 1.54) is 69.5 Å². The molecule has 2 aliphatic rings. The maximum absolute atomic E-state index is 12.4. The average molecular weight is 391 g/mol. The van der Waals surface area contributed by atoms with Crippen LogP contribution < -0.4 is 5.32 Å². The second-order valence-corrected chi connectivity index (χ2v) is 8.99. The zero-order valence-electron chi connectivity index (χ0n) is 16.5. The van der Waals surface area contributed by atoms with Gasteiger partial charge in [0, 0.05) is 19.0 Å². The third-order valence-corrected chi connectivity index (χ3v) is 6.82. The van der Waals surface area contributed by atoms with Crippen LogP contribution in [-0.4, -0.2) is 32.5 Å². The van der Waals surface area contributed by atoms with Crippen molar-refractivity contribution in [3.05, 3.63) is 18.5 Å². The van der Waals surface area contributed by atoms with E-state index in [1.807, 2.05) is 6.08 Å². The number of amides is 1. The van der Waals surface area contributed by atoms with Crippen molar-refractivity contribution in [2.75, 3.05) is 5.75 Å². The summed E-state index contributed by atoms with van der Waals surface area (Å²) in [5, 5.41) is 12.9. The van der Waals surface area contributed by atoms with Crippen molar-refractivity contribution >= 4 is 17.7 Å². The van der Waals surface area contributed by atoms with Crippen LogP contribution in [0.3, 0.4) is 0 Å². The fourth-order valence-corrected chi connectivity index (χ4v) is 5.14. The first-order chi connectivity index (χ1) is 13.3. The predicted octanol–water partition coefficient (Wildman–Crippen LogP) is 4.52. The molecule has 2 fully saturated rings. The Bertz CT molecular complexity index is 601. The van der Waals surface area contributed by atoms with Crippen LogP contribution in [0.15, 0.2) is 17.8 Å². The highest BCUT2D eigenvalue weighted by molar-refractivity contribution is 7.99. The number of hydrogen-bond donors (Lipinski definition) is 1. The van der Waals surface area contributed by atoms with E-state index in [2.05, 4.69) is 26.7 Å². The van der Waals surface area contributed by atoms with Crippen molar-refractivity contribution in [3.8, 4) is 0 Å². The Morgan fingerprint density at radius 1 is 1.07 bits per heavy atom. The molecule has 0 atom stereocenters. The normalized spacial score (nSPS) is 19.6. The minimum Gasteiger partial charge on any atom is -0.353 e. The number of hydrogen-bond acceptors (Lipinski definition) is 4. The summed E-state index contributed by atoms with van der Waals surface area (Å²) >= 11 is 1.50. The molecule has 27 heavy (non-hydrogen) atoms. The lowest BCUT2D eigenvalue weighted by molar-refractivity contribution is -0.119. The maximum atomic E-state index is 12.4. The number of allylic oxidation sites excluding steroid dienone is 1. The number of carbonyl (C=O) groups is 1. The Morgan fingerprint density at radius 3 is 2.44 bits per heavy atom. The quantitative estimate of drug-likeness (QED) is 0.403. The van der Waals surface area contributed by atoms with Gasteiger partial charge in [0.1, 0.15) is 5.82 Å². The minimum atomic E-state index is 0.119. The van der Waals surface area contributed by atoms with Gasteiger partial charge >= 0.3 is 0 Å². The lowest BCUT2D eigenvalue weighted by Gasteiger charge is -2.21. The molecule has 1 aromatic heterocycles. The van der Waals surface area contributed by atoms with Crippen molar-refractivity contribution in [1.82, 2.24) is 20.1 Å². The average Bonchev–Trinajstić information content (AvgIpc) is 2.88. The van der Waals surface area contributed by atoms with Crippen LogP contribution in [0.25, 0.3) is 0 Å². The summed E-state index contributed by atoms with van der Waals surface area (Å²) in [5.74, 6) is 2.31. The molecule has 1 N–H and O–H groups in total. The van der Waals surface area contributed by atoms with Crippen LogP contribution in [0.2, 0.25) is 0 Å². The zero-order valence-corrected chi connectivity index (χ0v) is 17.3. The number of carbonyl (C=O) groups excluding carboxylic acids is 1. The van der Waals surface area contributed by atoms with E-state index in [9.17, 15) is 4.79 Å². The third kappa shape index (κ3) is 6.37. The van der Waals surface area contributed by atoms with Gasteiger partial charge in [-0.05, 0) is 18.8 Å². The Morgan fingerprint density at radius 2 is 1.74 bits per heavy atom. The zero-order chi connectivity index (χ0) is 18.9. The Labute approximate surface area is 167 Å². The number of rotatable bonds is 8. The van der Waals surface area contributed by atoms with E-state index >= 15 is 0 Å². The molecule has 150 valence electrons. The van der Waals surface area contributed by atoms with Crippen LogP contribution in [0.4, 0.5) is 0 Å². The van der Waals surface area contributed by atoms with Gasteiger partial charge in [0.2, 0.25) is 5.91 Å². The van der Waals surface area contributed by atoms with E-state index in [4.69, 9.17) is 0 Å². The van der Waals surface area contributed by atoms with Crippen LogP contribution in [0.1, 0.15) is 76.5 Å². The first kappa shape index (κ1) is 20.4. The van der Waals surface area contributed by atoms with Gasteiger partial charge in [0.15, 0.2) is 5.16 Å². The molecule has 2 saturated carbocycles. The number of nitrogens with zero attached hydrogens (tertiary/aromatic N) is 3. The second kappa shape index (κ2) is 10.9. The summed E-state index contributed by atoms with van der Waals surface area (Å²) in [4.78, 5) is 12.4. The van der Waals surface area contributed by atoms with Crippen molar-refractivity contribution in [3.63, 3.8) is 0 Å². The molecule has 0 aliphatic heterocycles.